The van der Waals surface area contributed by atoms with E-state index in [1.807, 2.05) is 0 Å². The van der Waals surface area contributed by atoms with Crippen molar-refractivity contribution in [3.63, 3.8) is 0 Å². The van der Waals surface area contributed by atoms with Gasteiger partial charge in [0.15, 0.2) is 8.32 Å². The van der Waals surface area contributed by atoms with E-state index in [0.717, 1.165) is 19.4 Å². The maximum absolute atomic E-state index is 7.57. The standard InChI is InChI=1S/C36H60O2Si2/c1-10-11-12-13-14-15-16-17-20-25-32(30-31-37-39(8,9)35(2,3)4)38-40(36(5,6)7,33-26-21-18-22-27-33)34-28-23-19-24-29-34/h17-24,26-29,32H,10-16,25,30-31H2,1-9H3/b20-17+. The Kier molecular flexibility index (Phi) is 14.1. The Balaban J connectivity index is 2.32. The molecule has 0 bridgehead atoms. The molecule has 224 valence electrons. The van der Waals surface area contributed by atoms with E-state index in [2.05, 4.69) is 134 Å². The minimum atomic E-state index is -2.62. The number of hydrogen-bond acceptors (Lipinski definition) is 2. The Morgan fingerprint density at radius 1 is 0.700 bits per heavy atom. The maximum atomic E-state index is 7.57. The van der Waals surface area contributed by atoms with Gasteiger partial charge in [0.1, 0.15) is 0 Å². The van der Waals surface area contributed by atoms with Crippen molar-refractivity contribution in [2.45, 2.75) is 136 Å². The van der Waals surface area contributed by atoms with Crippen molar-refractivity contribution in [3.05, 3.63) is 72.8 Å². The summed E-state index contributed by atoms with van der Waals surface area (Å²) in [5.41, 5.74) is 0. The lowest BCUT2D eigenvalue weighted by Crippen LogP contribution is -2.67. The highest BCUT2D eigenvalue weighted by Crippen LogP contribution is 2.39. The van der Waals surface area contributed by atoms with Crippen molar-refractivity contribution >= 4 is 27.0 Å². The quantitative estimate of drug-likeness (QED) is 0.105. The molecule has 40 heavy (non-hydrogen) atoms. The van der Waals surface area contributed by atoms with Gasteiger partial charge in [0, 0.05) is 6.61 Å². The molecule has 0 radical (unpaired) electrons. The fraction of sp³-hybridized carbons (Fsp3) is 0.611. The molecule has 0 aliphatic rings. The van der Waals surface area contributed by atoms with Crippen LogP contribution in [0.5, 0.6) is 0 Å². The summed E-state index contributed by atoms with van der Waals surface area (Å²) >= 11 is 0. The van der Waals surface area contributed by atoms with Gasteiger partial charge in [-0.15, -0.1) is 0 Å². The van der Waals surface area contributed by atoms with E-state index >= 15 is 0 Å². The Bertz CT molecular complexity index is 932. The third-order valence-corrected chi connectivity index (χ3v) is 18.4. The topological polar surface area (TPSA) is 18.5 Å². The second-order valence-electron chi connectivity index (χ2n) is 14.1. The Labute approximate surface area is 250 Å². The van der Waals surface area contributed by atoms with E-state index in [0.29, 0.717) is 0 Å². The summed E-state index contributed by atoms with van der Waals surface area (Å²) in [5, 5.41) is 2.87. The first-order valence-electron chi connectivity index (χ1n) is 15.9. The molecular weight excluding hydrogens is 521 g/mol. The van der Waals surface area contributed by atoms with Crippen molar-refractivity contribution in [2.75, 3.05) is 6.61 Å². The number of allylic oxidation sites excluding steroid dienone is 1. The molecule has 0 saturated carbocycles. The molecule has 2 aromatic rings. The van der Waals surface area contributed by atoms with E-state index in [9.17, 15) is 0 Å². The van der Waals surface area contributed by atoms with Crippen LogP contribution in [0.3, 0.4) is 0 Å². The van der Waals surface area contributed by atoms with Gasteiger partial charge in [0.2, 0.25) is 0 Å². The lowest BCUT2D eigenvalue weighted by Gasteiger charge is -2.45. The number of hydrogen-bond donors (Lipinski definition) is 0. The molecule has 0 spiro atoms. The highest BCUT2D eigenvalue weighted by Gasteiger charge is 2.51. The van der Waals surface area contributed by atoms with Crippen LogP contribution in [0.15, 0.2) is 72.8 Å². The fourth-order valence-corrected chi connectivity index (χ4v) is 11.0. The summed E-state index contributed by atoms with van der Waals surface area (Å²) < 4.78 is 14.2. The highest BCUT2D eigenvalue weighted by molar-refractivity contribution is 6.99. The van der Waals surface area contributed by atoms with E-state index in [4.69, 9.17) is 8.85 Å². The molecule has 0 saturated heterocycles. The Morgan fingerprint density at radius 3 is 1.73 bits per heavy atom. The van der Waals surface area contributed by atoms with Crippen molar-refractivity contribution in [3.8, 4) is 0 Å². The van der Waals surface area contributed by atoms with Crippen LogP contribution >= 0.6 is 0 Å². The molecule has 0 aliphatic carbocycles. The van der Waals surface area contributed by atoms with E-state index < -0.39 is 16.6 Å². The highest BCUT2D eigenvalue weighted by atomic mass is 28.4. The summed E-state index contributed by atoms with van der Waals surface area (Å²) in [7, 11) is -4.44. The Hall–Kier alpha value is -1.47. The molecule has 0 heterocycles. The molecule has 2 aromatic carbocycles. The van der Waals surface area contributed by atoms with Crippen LogP contribution in [0.2, 0.25) is 23.2 Å². The van der Waals surface area contributed by atoms with Gasteiger partial charge in [0.25, 0.3) is 8.32 Å². The monoisotopic (exact) mass is 580 g/mol. The number of benzene rings is 2. The zero-order valence-electron chi connectivity index (χ0n) is 27.4. The molecule has 0 N–H and O–H groups in total. The SMILES string of the molecule is CCCCCCCC/C=C/CC(CCO[Si](C)(C)C(C)(C)C)O[Si](c1ccccc1)(c1ccccc1)C(C)(C)C. The van der Waals surface area contributed by atoms with Crippen molar-refractivity contribution in [1.82, 2.24) is 0 Å². The normalized spacial score (nSPS) is 14.1. The predicted octanol–water partition coefficient (Wildman–Crippen LogP) is 10.0. The second-order valence-corrected chi connectivity index (χ2v) is 23.1. The smallest absolute Gasteiger partial charge is 0.261 e. The summed E-state index contributed by atoms with van der Waals surface area (Å²) in [6.07, 6.45) is 16.0. The summed E-state index contributed by atoms with van der Waals surface area (Å²) in [5.74, 6) is 0. The third-order valence-electron chi connectivity index (χ3n) is 8.76. The average molecular weight is 581 g/mol. The number of unbranched alkanes of at least 4 members (excludes halogenated alkanes) is 6. The average Bonchev–Trinajstić information content (AvgIpc) is 2.90. The van der Waals surface area contributed by atoms with Crippen molar-refractivity contribution in [2.24, 2.45) is 0 Å². The lowest BCUT2D eigenvalue weighted by molar-refractivity contribution is 0.148. The Morgan fingerprint density at radius 2 is 1.23 bits per heavy atom. The van der Waals surface area contributed by atoms with E-state index in [1.165, 1.54) is 55.3 Å². The van der Waals surface area contributed by atoms with Crippen LogP contribution in [-0.4, -0.2) is 29.3 Å². The molecule has 1 unspecified atom stereocenters. The third kappa shape index (κ3) is 10.1. The van der Waals surface area contributed by atoms with Crippen molar-refractivity contribution < 1.29 is 8.85 Å². The largest absolute Gasteiger partial charge is 0.417 e. The van der Waals surface area contributed by atoms with Gasteiger partial charge in [-0.2, -0.15) is 0 Å². The predicted molar refractivity (Wildman–Crippen MR) is 182 cm³/mol. The van der Waals surface area contributed by atoms with E-state index in [1.54, 1.807) is 0 Å². The van der Waals surface area contributed by atoms with Crippen LogP contribution in [-0.2, 0) is 8.85 Å². The minimum Gasteiger partial charge on any atom is -0.417 e. The molecule has 2 rings (SSSR count). The first-order chi connectivity index (χ1) is 18.8. The molecule has 1 atom stereocenters. The van der Waals surface area contributed by atoms with Gasteiger partial charge < -0.3 is 8.85 Å². The molecule has 0 aliphatic heterocycles. The minimum absolute atomic E-state index is 0.0313. The zero-order valence-corrected chi connectivity index (χ0v) is 29.4. The molecule has 0 amide bonds. The molecular formula is C36H60O2Si2. The fourth-order valence-electron chi connectivity index (χ4n) is 5.24. The first-order valence-corrected chi connectivity index (χ1v) is 20.7. The van der Waals surface area contributed by atoms with Crippen LogP contribution < -0.4 is 10.4 Å². The summed E-state index contributed by atoms with van der Waals surface area (Å²) in [6, 6.07) is 22.1. The maximum Gasteiger partial charge on any atom is 0.261 e. The van der Waals surface area contributed by atoms with Crippen molar-refractivity contribution in [1.29, 1.82) is 0 Å². The van der Waals surface area contributed by atoms with Gasteiger partial charge in [-0.3, -0.25) is 0 Å². The van der Waals surface area contributed by atoms with Gasteiger partial charge in [-0.25, -0.2) is 0 Å². The van der Waals surface area contributed by atoms with Gasteiger partial charge in [-0.05, 0) is 59.2 Å². The van der Waals surface area contributed by atoms with Gasteiger partial charge >= 0.3 is 0 Å². The molecule has 2 nitrogen and oxygen atoms in total. The lowest BCUT2D eigenvalue weighted by atomic mass is 10.1. The van der Waals surface area contributed by atoms with E-state index in [-0.39, 0.29) is 16.2 Å². The second kappa shape index (κ2) is 16.2. The molecule has 4 heteroatoms. The molecule has 0 fully saturated rings. The van der Waals surface area contributed by atoms with Crippen LogP contribution in [0.4, 0.5) is 0 Å². The number of rotatable bonds is 17. The van der Waals surface area contributed by atoms with Crippen LogP contribution in [0.25, 0.3) is 0 Å². The van der Waals surface area contributed by atoms with Gasteiger partial charge in [-0.1, -0.05) is 153 Å². The zero-order chi connectivity index (χ0) is 29.7. The van der Waals surface area contributed by atoms with Crippen LogP contribution in [0, 0.1) is 0 Å². The summed E-state index contributed by atoms with van der Waals surface area (Å²) in [4.78, 5) is 0. The first kappa shape index (κ1) is 34.7. The molecule has 0 aromatic heterocycles. The summed E-state index contributed by atoms with van der Waals surface area (Å²) in [6.45, 7) is 21.8. The van der Waals surface area contributed by atoms with Gasteiger partial charge in [0.05, 0.1) is 6.10 Å². The van der Waals surface area contributed by atoms with Crippen LogP contribution in [0.1, 0.15) is 106 Å².